The van der Waals surface area contributed by atoms with E-state index in [1.165, 1.54) is 4.90 Å². The second-order valence-electron chi connectivity index (χ2n) is 10.7. The Balaban J connectivity index is 0.0000115. The van der Waals surface area contributed by atoms with Crippen LogP contribution in [0.15, 0.2) is 29.3 Å². The van der Waals surface area contributed by atoms with E-state index in [1.807, 2.05) is 12.1 Å². The maximum absolute atomic E-state index is 12.3. The fraction of sp³-hybridized carbons (Fsp3) is 0.571. The number of unbranched alkanes of at least 4 members (excludes halogenated alkanes) is 1. The molecule has 4 unspecified atom stereocenters. The highest BCUT2D eigenvalue weighted by Crippen LogP contribution is 2.17. The van der Waals surface area contributed by atoms with Crippen molar-refractivity contribution in [3.63, 3.8) is 0 Å². The SMILES string of the molecule is Cl.Cl.NC(=NCCCCc1ccc(OCCN(C[C@@H](O)C(O)C(O)CO)C[C@@H](O)C(O)C(O)CO)cc1)NC(=O)c1nc(Cl)c(N)nc1N. The first-order valence-corrected chi connectivity index (χ1v) is 15.1. The van der Waals surface area contributed by atoms with Crippen molar-refractivity contribution in [1.82, 2.24) is 20.2 Å². The monoisotopic (exact) mass is 760 g/mol. The number of amides is 1. The van der Waals surface area contributed by atoms with E-state index < -0.39 is 55.7 Å². The fourth-order valence-electron chi connectivity index (χ4n) is 4.24. The summed E-state index contributed by atoms with van der Waals surface area (Å²) < 4.78 is 5.76. The number of benzene rings is 1. The predicted molar refractivity (Wildman–Crippen MR) is 186 cm³/mol. The molecule has 0 spiro atoms. The van der Waals surface area contributed by atoms with Crippen molar-refractivity contribution < 1.29 is 50.4 Å². The topological polar surface area (TPSA) is 320 Å². The Labute approximate surface area is 300 Å². The molecule has 1 heterocycles. The number of nitrogen functional groups attached to an aromatic ring is 2. The van der Waals surface area contributed by atoms with Gasteiger partial charge in [-0.1, -0.05) is 23.7 Å². The van der Waals surface area contributed by atoms with E-state index in [0.29, 0.717) is 18.7 Å². The van der Waals surface area contributed by atoms with Crippen LogP contribution in [-0.4, -0.2) is 150 Å². The number of carbonyl (C=O) groups is 1. The molecule has 21 heteroatoms. The number of hydrogen-bond acceptors (Lipinski definition) is 16. The summed E-state index contributed by atoms with van der Waals surface area (Å²) in [4.78, 5) is 25.4. The molecule has 0 fully saturated rings. The number of aromatic nitrogens is 2. The molecule has 1 amide bonds. The summed E-state index contributed by atoms with van der Waals surface area (Å²) in [5, 5.41) is 80.1. The quantitative estimate of drug-likeness (QED) is 0.0364. The molecule has 280 valence electrons. The van der Waals surface area contributed by atoms with E-state index in [1.54, 1.807) is 12.1 Å². The minimum absolute atomic E-state index is 0. The third-order valence-electron chi connectivity index (χ3n) is 6.96. The van der Waals surface area contributed by atoms with Gasteiger partial charge in [-0.2, -0.15) is 0 Å². The Morgan fingerprint density at radius 2 is 1.43 bits per heavy atom. The summed E-state index contributed by atoms with van der Waals surface area (Å²) in [5.41, 5.74) is 17.7. The number of rotatable bonds is 20. The van der Waals surface area contributed by atoms with Crippen molar-refractivity contribution in [2.24, 2.45) is 10.7 Å². The van der Waals surface area contributed by atoms with Gasteiger partial charge in [0.15, 0.2) is 28.4 Å². The molecule has 18 nitrogen and oxygen atoms in total. The van der Waals surface area contributed by atoms with Gasteiger partial charge in [-0.3, -0.25) is 20.0 Å². The van der Waals surface area contributed by atoms with Crippen LogP contribution in [0.5, 0.6) is 5.75 Å². The first kappa shape index (κ1) is 46.1. The van der Waals surface area contributed by atoms with E-state index in [0.717, 1.165) is 18.4 Å². The molecule has 0 radical (unpaired) electrons. The van der Waals surface area contributed by atoms with Crippen LogP contribution in [0, 0.1) is 0 Å². The van der Waals surface area contributed by atoms with Crippen LogP contribution in [0.1, 0.15) is 28.9 Å². The largest absolute Gasteiger partial charge is 0.492 e. The molecule has 1 aromatic carbocycles. The Morgan fingerprint density at radius 1 is 0.878 bits per heavy atom. The Morgan fingerprint density at radius 3 is 1.96 bits per heavy atom. The summed E-state index contributed by atoms with van der Waals surface area (Å²) in [6, 6.07) is 7.27. The fourth-order valence-corrected chi connectivity index (χ4v) is 4.37. The zero-order chi connectivity index (χ0) is 35.1. The van der Waals surface area contributed by atoms with Gasteiger partial charge in [0, 0.05) is 26.2 Å². The van der Waals surface area contributed by atoms with Crippen LogP contribution < -0.4 is 27.3 Å². The summed E-state index contributed by atoms with van der Waals surface area (Å²) in [6.07, 6.45) is -7.42. The van der Waals surface area contributed by atoms with Gasteiger partial charge in [-0.05, 0) is 37.0 Å². The lowest BCUT2D eigenvalue weighted by Crippen LogP contribution is -2.51. The van der Waals surface area contributed by atoms with Crippen molar-refractivity contribution in [2.75, 3.05) is 57.5 Å². The average molecular weight is 762 g/mol. The first-order valence-electron chi connectivity index (χ1n) is 14.7. The molecule has 0 bridgehead atoms. The van der Waals surface area contributed by atoms with E-state index in [4.69, 9.17) is 43.8 Å². The maximum atomic E-state index is 12.3. The number of aliphatic imine (C=N–C) groups is 1. The van der Waals surface area contributed by atoms with Crippen molar-refractivity contribution in [3.05, 3.63) is 40.7 Å². The van der Waals surface area contributed by atoms with Gasteiger partial charge >= 0.3 is 0 Å². The van der Waals surface area contributed by atoms with Gasteiger partial charge in [-0.15, -0.1) is 24.8 Å². The number of anilines is 2. The molecule has 49 heavy (non-hydrogen) atoms. The number of ether oxygens (including phenoxy) is 1. The zero-order valence-electron chi connectivity index (χ0n) is 26.5. The maximum Gasteiger partial charge on any atom is 0.280 e. The van der Waals surface area contributed by atoms with Crippen LogP contribution in [-0.2, 0) is 6.42 Å². The molecule has 0 aliphatic heterocycles. The van der Waals surface area contributed by atoms with E-state index >= 15 is 0 Å². The molecule has 2 aromatic rings. The lowest BCUT2D eigenvalue weighted by Gasteiger charge is -2.32. The van der Waals surface area contributed by atoms with E-state index in [2.05, 4.69) is 20.3 Å². The van der Waals surface area contributed by atoms with Crippen LogP contribution in [0.25, 0.3) is 0 Å². The third kappa shape index (κ3) is 15.7. The van der Waals surface area contributed by atoms with Crippen molar-refractivity contribution in [2.45, 2.75) is 55.9 Å². The van der Waals surface area contributed by atoms with Gasteiger partial charge in [0.05, 0.1) is 25.4 Å². The lowest BCUT2D eigenvalue weighted by atomic mass is 10.1. The number of nitrogens with two attached hydrogens (primary N) is 3. The molecule has 6 atom stereocenters. The molecular weight excluding hydrogens is 715 g/mol. The Kier molecular flexibility index (Phi) is 22.2. The number of guanidine groups is 1. The van der Waals surface area contributed by atoms with Crippen molar-refractivity contribution >= 4 is 59.9 Å². The second-order valence-corrected chi connectivity index (χ2v) is 11.0. The molecule has 1 aromatic heterocycles. The molecule has 15 N–H and O–H groups in total. The van der Waals surface area contributed by atoms with Gasteiger partial charge in [0.2, 0.25) is 0 Å². The highest BCUT2D eigenvalue weighted by Gasteiger charge is 2.30. The molecule has 0 saturated carbocycles. The van der Waals surface area contributed by atoms with Crippen LogP contribution in [0.4, 0.5) is 11.6 Å². The Hall–Kier alpha value is -2.85. The lowest BCUT2D eigenvalue weighted by molar-refractivity contribution is -0.101. The smallest absolute Gasteiger partial charge is 0.280 e. The highest BCUT2D eigenvalue weighted by atomic mass is 35.5. The number of halogens is 3. The van der Waals surface area contributed by atoms with Crippen molar-refractivity contribution in [3.8, 4) is 5.75 Å². The summed E-state index contributed by atoms with van der Waals surface area (Å²) in [7, 11) is 0. The highest BCUT2D eigenvalue weighted by molar-refractivity contribution is 6.31. The van der Waals surface area contributed by atoms with Gasteiger partial charge in [-0.25, -0.2) is 9.97 Å². The molecule has 0 aliphatic rings. The Bertz CT molecular complexity index is 1260. The number of carbonyl (C=O) groups excluding carboxylic acids is 1. The number of hydrogen-bond donors (Lipinski definition) is 12. The molecule has 0 aliphatic carbocycles. The summed E-state index contributed by atoms with van der Waals surface area (Å²) in [5.74, 6) is -0.617. The van der Waals surface area contributed by atoms with Gasteiger partial charge in [0.1, 0.15) is 36.8 Å². The molecule has 2 rings (SSSR count). The average Bonchev–Trinajstić information content (AvgIpc) is 3.05. The minimum Gasteiger partial charge on any atom is -0.492 e. The summed E-state index contributed by atoms with van der Waals surface area (Å²) in [6.45, 7) is -1.60. The number of nitrogens with zero attached hydrogens (tertiary/aromatic N) is 4. The predicted octanol–water partition coefficient (Wildman–Crippen LogP) is -2.96. The standard InChI is InChI=1S/C28H45ClN8O10.2ClH/c29-24-26(31)35-25(30)21(34-24)27(46)36-28(32)33-8-2-1-3-15-4-6-16(7-5-15)47-10-9-37(11-17(40)22(44)19(42)13-38)12-18(41)23(45)20(43)14-39;;/h4-7,17-20,22-23,38-45H,1-3,8-14H2,(H4,30,31,35)(H3,32,33,36,46);2*1H/t17-,18-,19?,20?,22?,23?;;/m1../s1. The second kappa shape index (κ2) is 23.5. The van der Waals surface area contributed by atoms with Gasteiger partial charge in [0.25, 0.3) is 5.91 Å². The summed E-state index contributed by atoms with van der Waals surface area (Å²) >= 11 is 5.79. The first-order chi connectivity index (χ1) is 22.3. The van der Waals surface area contributed by atoms with Crippen LogP contribution in [0.3, 0.4) is 0 Å². The molecular formula is C28H47Cl3N8O10. The van der Waals surface area contributed by atoms with Crippen molar-refractivity contribution in [1.29, 1.82) is 0 Å². The number of nitrogens with one attached hydrogen (secondary N) is 1. The van der Waals surface area contributed by atoms with Gasteiger partial charge < -0.3 is 62.8 Å². The number of aliphatic hydroxyl groups excluding tert-OH is 8. The van der Waals surface area contributed by atoms with E-state index in [9.17, 15) is 35.4 Å². The zero-order valence-corrected chi connectivity index (χ0v) is 28.8. The van der Waals surface area contributed by atoms with Crippen LogP contribution >= 0.6 is 36.4 Å². The number of aliphatic hydroxyl groups is 8. The van der Waals surface area contributed by atoms with Crippen LogP contribution in [0.2, 0.25) is 5.15 Å². The minimum atomic E-state index is -1.68. The van der Waals surface area contributed by atoms with E-state index in [-0.39, 0.29) is 79.5 Å². The number of aryl methyl sites for hydroxylation is 1. The third-order valence-corrected chi connectivity index (χ3v) is 7.24. The normalized spacial score (nSPS) is 15.3. The molecule has 0 saturated heterocycles.